The van der Waals surface area contributed by atoms with E-state index in [0.717, 1.165) is 11.9 Å². The molecule has 1 heterocycles. The van der Waals surface area contributed by atoms with Crippen LogP contribution < -0.4 is 5.32 Å². The summed E-state index contributed by atoms with van der Waals surface area (Å²) in [7, 11) is -1.70. The van der Waals surface area contributed by atoms with Gasteiger partial charge in [0.2, 0.25) is 0 Å². The van der Waals surface area contributed by atoms with E-state index in [0.29, 0.717) is 16.9 Å². The third kappa shape index (κ3) is 4.54. The Bertz CT molecular complexity index is 1010. The van der Waals surface area contributed by atoms with Gasteiger partial charge < -0.3 is 10.1 Å². The summed E-state index contributed by atoms with van der Waals surface area (Å²) in [5.41, 5.74) is 2.65. The first-order valence-corrected chi connectivity index (χ1v) is 10.1. The molecule has 0 aliphatic rings. The Labute approximate surface area is 158 Å². The summed E-state index contributed by atoms with van der Waals surface area (Å²) in [4.78, 5) is 24.8. The number of sulfone groups is 1. The standard InChI is InChI=1S/C18H23N3O5S/c1-10-7-8-14(27(6,24)25)9-15(10)18(23)26-13(4)17(22)19-16-11(2)20-21(5)12(16)3/h7-9,13H,1-6H3,(H,19,22)/t13-/m0/s1. The lowest BCUT2D eigenvalue weighted by atomic mass is 10.1. The van der Waals surface area contributed by atoms with Gasteiger partial charge in [-0.25, -0.2) is 13.2 Å². The molecule has 0 saturated heterocycles. The molecule has 0 radical (unpaired) electrons. The van der Waals surface area contributed by atoms with E-state index in [9.17, 15) is 18.0 Å². The quantitative estimate of drug-likeness (QED) is 0.778. The van der Waals surface area contributed by atoms with E-state index in [1.165, 1.54) is 25.1 Å². The number of rotatable bonds is 5. The lowest BCUT2D eigenvalue weighted by Gasteiger charge is -2.15. The first-order valence-electron chi connectivity index (χ1n) is 8.24. The summed E-state index contributed by atoms with van der Waals surface area (Å²) in [5.74, 6) is -1.26. The van der Waals surface area contributed by atoms with Crippen molar-refractivity contribution in [3.05, 3.63) is 40.7 Å². The lowest BCUT2D eigenvalue weighted by Crippen LogP contribution is -2.30. The average Bonchev–Trinajstić information content (AvgIpc) is 2.80. The highest BCUT2D eigenvalue weighted by molar-refractivity contribution is 7.90. The van der Waals surface area contributed by atoms with Gasteiger partial charge in [0.25, 0.3) is 5.91 Å². The highest BCUT2D eigenvalue weighted by atomic mass is 32.2. The van der Waals surface area contributed by atoms with Crippen LogP contribution in [0.15, 0.2) is 23.1 Å². The van der Waals surface area contributed by atoms with Crippen molar-refractivity contribution < 1.29 is 22.7 Å². The number of carbonyl (C=O) groups excluding carboxylic acids is 2. The number of nitrogens with zero attached hydrogens (tertiary/aromatic N) is 2. The molecule has 146 valence electrons. The fourth-order valence-corrected chi connectivity index (χ4v) is 3.16. The van der Waals surface area contributed by atoms with Crippen LogP contribution in [0.25, 0.3) is 0 Å². The summed E-state index contributed by atoms with van der Waals surface area (Å²) < 4.78 is 30.3. The van der Waals surface area contributed by atoms with Crippen molar-refractivity contribution in [1.29, 1.82) is 0 Å². The molecule has 2 rings (SSSR count). The Morgan fingerprint density at radius 1 is 1.22 bits per heavy atom. The monoisotopic (exact) mass is 393 g/mol. The number of esters is 1. The minimum Gasteiger partial charge on any atom is -0.449 e. The second-order valence-electron chi connectivity index (χ2n) is 6.46. The molecule has 8 nitrogen and oxygen atoms in total. The molecule has 0 unspecified atom stereocenters. The molecule has 9 heteroatoms. The van der Waals surface area contributed by atoms with E-state index >= 15 is 0 Å². The van der Waals surface area contributed by atoms with E-state index in [1.54, 1.807) is 25.6 Å². The molecule has 0 bridgehead atoms. The number of anilines is 1. The molecule has 2 aromatic rings. The zero-order valence-corrected chi connectivity index (χ0v) is 17.0. The van der Waals surface area contributed by atoms with E-state index < -0.39 is 27.8 Å². The molecular formula is C18H23N3O5S. The van der Waals surface area contributed by atoms with E-state index in [4.69, 9.17) is 4.74 Å². The van der Waals surface area contributed by atoms with Gasteiger partial charge in [-0.3, -0.25) is 9.48 Å². The van der Waals surface area contributed by atoms with Crippen molar-refractivity contribution in [2.45, 2.75) is 38.7 Å². The van der Waals surface area contributed by atoms with E-state index in [1.807, 2.05) is 6.92 Å². The number of aryl methyl sites for hydroxylation is 3. The molecule has 1 aromatic heterocycles. The van der Waals surface area contributed by atoms with Gasteiger partial charge in [0.15, 0.2) is 15.9 Å². The summed E-state index contributed by atoms with van der Waals surface area (Å²) >= 11 is 0. The average molecular weight is 393 g/mol. The highest BCUT2D eigenvalue weighted by Crippen LogP contribution is 2.20. The Morgan fingerprint density at radius 3 is 2.37 bits per heavy atom. The van der Waals surface area contributed by atoms with Crippen LogP contribution >= 0.6 is 0 Å². The number of nitrogens with one attached hydrogen (secondary N) is 1. The number of carbonyl (C=O) groups is 2. The number of benzene rings is 1. The molecule has 0 spiro atoms. The molecule has 0 aliphatic carbocycles. The Balaban J connectivity index is 2.17. The van der Waals surface area contributed by atoms with Gasteiger partial charge in [0, 0.05) is 13.3 Å². The topological polar surface area (TPSA) is 107 Å². The number of aromatic nitrogens is 2. The van der Waals surface area contributed by atoms with Gasteiger partial charge in [0.05, 0.1) is 27.5 Å². The van der Waals surface area contributed by atoms with Crippen LogP contribution in [0.2, 0.25) is 0 Å². The summed E-state index contributed by atoms with van der Waals surface area (Å²) in [6, 6.07) is 4.21. The fraction of sp³-hybridized carbons (Fsp3) is 0.389. The number of amides is 1. The minimum absolute atomic E-state index is 0.0127. The predicted octanol–water partition coefficient (Wildman–Crippen LogP) is 1.93. The van der Waals surface area contributed by atoms with Gasteiger partial charge in [0.1, 0.15) is 0 Å². The number of hydrogen-bond donors (Lipinski definition) is 1. The third-order valence-corrected chi connectivity index (χ3v) is 5.38. The first kappa shape index (κ1) is 20.6. The van der Waals surface area contributed by atoms with Crippen molar-refractivity contribution in [2.75, 3.05) is 11.6 Å². The van der Waals surface area contributed by atoms with Gasteiger partial charge in [-0.05, 0) is 45.4 Å². The Kier molecular flexibility index (Phi) is 5.74. The number of ether oxygens (including phenoxy) is 1. The van der Waals surface area contributed by atoms with Crippen molar-refractivity contribution >= 4 is 27.4 Å². The third-order valence-electron chi connectivity index (χ3n) is 4.27. The SMILES string of the molecule is Cc1ccc(S(C)(=O)=O)cc1C(=O)O[C@@H](C)C(=O)Nc1c(C)nn(C)c1C. The van der Waals surface area contributed by atoms with Crippen LogP contribution in [0, 0.1) is 20.8 Å². The molecule has 1 aromatic carbocycles. The molecule has 0 aliphatic heterocycles. The summed E-state index contributed by atoms with van der Waals surface area (Å²) in [6.45, 7) is 6.69. The van der Waals surface area contributed by atoms with Crippen molar-refractivity contribution in [3.63, 3.8) is 0 Å². The maximum absolute atomic E-state index is 12.4. The molecule has 27 heavy (non-hydrogen) atoms. The Hall–Kier alpha value is -2.68. The van der Waals surface area contributed by atoms with Crippen LogP contribution in [0.1, 0.15) is 34.2 Å². The van der Waals surface area contributed by atoms with E-state index in [2.05, 4.69) is 10.4 Å². The molecule has 0 saturated carbocycles. The molecule has 0 fully saturated rings. The van der Waals surface area contributed by atoms with Crippen LogP contribution in [-0.4, -0.2) is 42.4 Å². The van der Waals surface area contributed by atoms with Gasteiger partial charge >= 0.3 is 5.97 Å². The lowest BCUT2D eigenvalue weighted by molar-refractivity contribution is -0.123. The predicted molar refractivity (Wildman–Crippen MR) is 100 cm³/mol. The molecule has 1 atom stereocenters. The number of hydrogen-bond acceptors (Lipinski definition) is 6. The largest absolute Gasteiger partial charge is 0.449 e. The van der Waals surface area contributed by atoms with Gasteiger partial charge in [-0.2, -0.15) is 5.10 Å². The smallest absolute Gasteiger partial charge is 0.339 e. The summed E-state index contributed by atoms with van der Waals surface area (Å²) in [5, 5.41) is 6.92. The second kappa shape index (κ2) is 7.51. The second-order valence-corrected chi connectivity index (χ2v) is 8.47. The van der Waals surface area contributed by atoms with Gasteiger partial charge in [-0.1, -0.05) is 6.07 Å². The van der Waals surface area contributed by atoms with Gasteiger partial charge in [-0.15, -0.1) is 0 Å². The summed E-state index contributed by atoms with van der Waals surface area (Å²) in [6.07, 6.45) is -0.0145. The maximum atomic E-state index is 12.4. The zero-order valence-electron chi connectivity index (χ0n) is 16.2. The first-order chi connectivity index (χ1) is 12.4. The highest BCUT2D eigenvalue weighted by Gasteiger charge is 2.23. The molecule has 1 N–H and O–H groups in total. The maximum Gasteiger partial charge on any atom is 0.339 e. The van der Waals surface area contributed by atoms with Crippen LogP contribution in [0.5, 0.6) is 0 Å². The van der Waals surface area contributed by atoms with E-state index in [-0.39, 0.29) is 10.5 Å². The molecule has 1 amide bonds. The van der Waals surface area contributed by atoms with Crippen LogP contribution in [0.4, 0.5) is 5.69 Å². The Morgan fingerprint density at radius 2 is 1.85 bits per heavy atom. The normalized spacial score (nSPS) is 12.5. The van der Waals surface area contributed by atoms with Crippen molar-refractivity contribution in [2.24, 2.45) is 7.05 Å². The minimum atomic E-state index is -3.46. The fourth-order valence-electron chi connectivity index (χ4n) is 2.51. The van der Waals surface area contributed by atoms with Crippen LogP contribution in [-0.2, 0) is 26.4 Å². The zero-order chi connectivity index (χ0) is 20.5. The molecular weight excluding hydrogens is 370 g/mol. The van der Waals surface area contributed by atoms with Crippen molar-refractivity contribution in [1.82, 2.24) is 9.78 Å². The van der Waals surface area contributed by atoms with Crippen LogP contribution in [0.3, 0.4) is 0 Å². The van der Waals surface area contributed by atoms with Crippen molar-refractivity contribution in [3.8, 4) is 0 Å².